The molecule has 0 aromatic heterocycles. The molecule has 0 N–H and O–H groups in total. The van der Waals surface area contributed by atoms with Crippen LogP contribution in [0.4, 0.5) is 34.1 Å². The zero-order valence-electron chi connectivity index (χ0n) is 35.3. The minimum atomic E-state index is 1.07. The van der Waals surface area contributed by atoms with E-state index in [-0.39, 0.29) is 0 Å². The molecular formula is C62H44N2. The molecule has 0 aliphatic carbocycles. The fourth-order valence-corrected chi connectivity index (χ4v) is 9.22. The lowest BCUT2D eigenvalue weighted by molar-refractivity contribution is 1.26. The van der Waals surface area contributed by atoms with Crippen LogP contribution in [0, 0.1) is 0 Å². The van der Waals surface area contributed by atoms with Gasteiger partial charge in [-0.1, -0.05) is 194 Å². The molecule has 2 nitrogen and oxygen atoms in total. The maximum absolute atomic E-state index is 2.34. The second-order valence-corrected chi connectivity index (χ2v) is 16.1. The van der Waals surface area contributed by atoms with Crippen molar-refractivity contribution in [3.63, 3.8) is 0 Å². The predicted molar refractivity (Wildman–Crippen MR) is 273 cm³/mol. The molecule has 2 heteroatoms. The Hall–Kier alpha value is -8.46. The summed E-state index contributed by atoms with van der Waals surface area (Å²) < 4.78 is 0. The van der Waals surface area contributed by atoms with Crippen molar-refractivity contribution in [1.82, 2.24) is 0 Å². The number of hydrogen-bond acceptors (Lipinski definition) is 2. The van der Waals surface area contributed by atoms with Crippen LogP contribution in [-0.4, -0.2) is 0 Å². The van der Waals surface area contributed by atoms with Gasteiger partial charge in [-0.05, 0) is 139 Å². The molecule has 0 spiro atoms. The fourth-order valence-electron chi connectivity index (χ4n) is 9.22. The van der Waals surface area contributed by atoms with E-state index in [9.17, 15) is 0 Å². The van der Waals surface area contributed by atoms with Crippen molar-refractivity contribution in [3.8, 4) is 44.5 Å². The van der Waals surface area contributed by atoms with Crippen LogP contribution in [0.2, 0.25) is 0 Å². The third-order valence-corrected chi connectivity index (χ3v) is 12.3. The van der Waals surface area contributed by atoms with E-state index >= 15 is 0 Å². The minimum absolute atomic E-state index is 1.07. The normalized spacial score (nSPS) is 11.1. The van der Waals surface area contributed by atoms with Crippen LogP contribution < -0.4 is 9.80 Å². The van der Waals surface area contributed by atoms with Crippen molar-refractivity contribution in [3.05, 3.63) is 267 Å². The summed E-state index contributed by atoms with van der Waals surface area (Å²) in [5.74, 6) is 0. The highest BCUT2D eigenvalue weighted by atomic mass is 15.2. The quantitative estimate of drug-likeness (QED) is 0.127. The van der Waals surface area contributed by atoms with Gasteiger partial charge in [-0.2, -0.15) is 0 Å². The van der Waals surface area contributed by atoms with Gasteiger partial charge >= 0.3 is 0 Å². The van der Waals surface area contributed by atoms with Crippen molar-refractivity contribution >= 4 is 55.7 Å². The number of nitrogens with zero attached hydrogens (tertiary/aromatic N) is 2. The van der Waals surface area contributed by atoms with E-state index in [4.69, 9.17) is 0 Å². The van der Waals surface area contributed by atoms with Crippen LogP contribution in [0.1, 0.15) is 0 Å². The lowest BCUT2D eigenvalue weighted by Crippen LogP contribution is -2.12. The maximum atomic E-state index is 2.34. The van der Waals surface area contributed by atoms with Crippen molar-refractivity contribution in [1.29, 1.82) is 0 Å². The maximum Gasteiger partial charge on any atom is 0.0463 e. The topological polar surface area (TPSA) is 6.48 Å². The molecule has 0 heterocycles. The Morgan fingerprint density at radius 1 is 0.156 bits per heavy atom. The van der Waals surface area contributed by atoms with Gasteiger partial charge in [0, 0.05) is 34.1 Å². The van der Waals surface area contributed by atoms with E-state index in [0.717, 1.165) is 34.1 Å². The summed E-state index contributed by atoms with van der Waals surface area (Å²) in [5.41, 5.74) is 16.2. The molecule has 11 aromatic rings. The molecule has 11 rings (SSSR count). The summed E-state index contributed by atoms with van der Waals surface area (Å²) in [6.07, 6.45) is 0. The second-order valence-electron chi connectivity index (χ2n) is 16.1. The molecule has 64 heavy (non-hydrogen) atoms. The van der Waals surface area contributed by atoms with Crippen LogP contribution in [0.15, 0.2) is 267 Å². The highest BCUT2D eigenvalue weighted by Crippen LogP contribution is 2.45. The first-order valence-electron chi connectivity index (χ1n) is 21.9. The average molecular weight is 817 g/mol. The zero-order valence-corrected chi connectivity index (χ0v) is 35.3. The van der Waals surface area contributed by atoms with Crippen LogP contribution in [0.3, 0.4) is 0 Å². The number of anilines is 6. The van der Waals surface area contributed by atoms with Crippen molar-refractivity contribution in [2.75, 3.05) is 9.80 Å². The van der Waals surface area contributed by atoms with Crippen LogP contribution in [0.25, 0.3) is 66.1 Å². The minimum Gasteiger partial charge on any atom is -0.311 e. The Labute approximate surface area is 375 Å². The van der Waals surface area contributed by atoms with E-state index in [2.05, 4.69) is 277 Å². The van der Waals surface area contributed by atoms with E-state index < -0.39 is 0 Å². The number of fused-ring (bicyclic) bond motifs is 2. The Morgan fingerprint density at radius 2 is 0.359 bits per heavy atom. The van der Waals surface area contributed by atoms with Crippen molar-refractivity contribution in [2.45, 2.75) is 0 Å². The average Bonchev–Trinajstić information content (AvgIpc) is 3.38. The van der Waals surface area contributed by atoms with E-state index in [1.54, 1.807) is 0 Å². The first kappa shape index (κ1) is 38.5. The monoisotopic (exact) mass is 816 g/mol. The molecule has 302 valence electrons. The van der Waals surface area contributed by atoms with Gasteiger partial charge < -0.3 is 9.80 Å². The Bertz CT molecular complexity index is 3170. The Balaban J connectivity index is 0.979. The summed E-state index contributed by atoms with van der Waals surface area (Å²) in [6.45, 7) is 0. The fraction of sp³-hybridized carbons (Fsp3) is 0. The first-order valence-corrected chi connectivity index (χ1v) is 21.9. The molecule has 0 aliphatic heterocycles. The van der Waals surface area contributed by atoms with Gasteiger partial charge in [-0.15, -0.1) is 0 Å². The van der Waals surface area contributed by atoms with Gasteiger partial charge in [0.2, 0.25) is 0 Å². The van der Waals surface area contributed by atoms with Gasteiger partial charge in [0.1, 0.15) is 0 Å². The highest BCUT2D eigenvalue weighted by Gasteiger charge is 2.19. The number of para-hydroxylation sites is 1. The van der Waals surface area contributed by atoms with Crippen LogP contribution in [-0.2, 0) is 0 Å². The first-order chi connectivity index (χ1) is 31.8. The summed E-state index contributed by atoms with van der Waals surface area (Å²) in [4.78, 5) is 4.68. The number of rotatable bonds is 10. The van der Waals surface area contributed by atoms with Crippen molar-refractivity contribution in [2.24, 2.45) is 0 Å². The second kappa shape index (κ2) is 17.1. The SMILES string of the molecule is c1ccc(-c2ccc(N(c3ccc(-c4ccccc4)cc3)c3ccc(N(c4ccccc4)c4ccc(-c5c6ccccc6c(-c6ccccc6)c6ccccc56)cc4)cc3)cc2)cc1. The Morgan fingerprint density at radius 3 is 0.688 bits per heavy atom. The lowest BCUT2D eigenvalue weighted by Gasteiger charge is -2.28. The molecule has 11 aromatic carbocycles. The van der Waals surface area contributed by atoms with Gasteiger partial charge in [0.25, 0.3) is 0 Å². The zero-order chi connectivity index (χ0) is 42.7. The summed E-state index contributed by atoms with van der Waals surface area (Å²) in [6, 6.07) is 96.1. The molecule has 0 fully saturated rings. The summed E-state index contributed by atoms with van der Waals surface area (Å²) in [7, 11) is 0. The van der Waals surface area contributed by atoms with Crippen LogP contribution >= 0.6 is 0 Å². The Kier molecular flexibility index (Phi) is 10.3. The molecule has 0 amide bonds. The lowest BCUT2D eigenvalue weighted by atomic mass is 9.86. The third kappa shape index (κ3) is 7.38. The molecule has 0 atom stereocenters. The molecule has 0 saturated carbocycles. The molecule has 0 bridgehead atoms. The molecule has 0 aliphatic rings. The highest BCUT2D eigenvalue weighted by molar-refractivity contribution is 6.21. The standard InChI is InChI=1S/C62H44N2/c1-5-17-45(18-6-1)47-29-35-52(36-30-47)64(53-37-31-48(32-38-53)46-19-7-2-8-20-46)56-43-41-55(42-44-56)63(51-23-11-4-12-24-51)54-39-33-50(34-40-54)62-59-27-15-13-25-57(59)61(49-21-9-3-10-22-49)58-26-14-16-28-60(58)62/h1-44H. The molecule has 0 unspecified atom stereocenters. The smallest absolute Gasteiger partial charge is 0.0463 e. The van der Waals surface area contributed by atoms with Gasteiger partial charge in [-0.25, -0.2) is 0 Å². The molecule has 0 saturated heterocycles. The van der Waals surface area contributed by atoms with Crippen molar-refractivity contribution < 1.29 is 0 Å². The van der Waals surface area contributed by atoms with E-state index in [1.807, 2.05) is 0 Å². The predicted octanol–water partition coefficient (Wildman–Crippen LogP) is 17.6. The van der Waals surface area contributed by atoms with Gasteiger partial charge in [0.15, 0.2) is 0 Å². The number of hydrogen-bond donors (Lipinski definition) is 0. The number of benzene rings is 11. The largest absolute Gasteiger partial charge is 0.311 e. The summed E-state index contributed by atoms with van der Waals surface area (Å²) >= 11 is 0. The van der Waals surface area contributed by atoms with Gasteiger partial charge in [0.05, 0.1) is 0 Å². The van der Waals surface area contributed by atoms with E-state index in [1.165, 1.54) is 66.1 Å². The molecule has 0 radical (unpaired) electrons. The third-order valence-electron chi connectivity index (χ3n) is 12.3. The van der Waals surface area contributed by atoms with Gasteiger partial charge in [-0.3, -0.25) is 0 Å². The molecular weight excluding hydrogens is 773 g/mol. The summed E-state index contributed by atoms with van der Waals surface area (Å²) in [5, 5.41) is 5.01. The van der Waals surface area contributed by atoms with E-state index in [0.29, 0.717) is 0 Å². The van der Waals surface area contributed by atoms with Crippen LogP contribution in [0.5, 0.6) is 0 Å².